The van der Waals surface area contributed by atoms with Crippen LogP contribution in [0.3, 0.4) is 0 Å². The third-order valence-electron chi connectivity index (χ3n) is 3.83. The average Bonchev–Trinajstić information content (AvgIpc) is 2.67. The molecule has 0 aliphatic rings. The highest BCUT2D eigenvalue weighted by Gasteiger charge is 2.23. The summed E-state index contributed by atoms with van der Waals surface area (Å²) in [5.41, 5.74) is 1.12. The Balaban J connectivity index is 1.94. The minimum absolute atomic E-state index is 0.0187. The van der Waals surface area contributed by atoms with Crippen LogP contribution in [0.25, 0.3) is 0 Å². The summed E-state index contributed by atoms with van der Waals surface area (Å²) in [5, 5.41) is 0. The van der Waals surface area contributed by atoms with Gasteiger partial charge in [-0.3, -0.25) is 8.98 Å². The third kappa shape index (κ3) is 6.79. The number of ketones is 1. The second kappa shape index (κ2) is 10.0. The minimum atomic E-state index is -3.80. The van der Waals surface area contributed by atoms with Crippen molar-refractivity contribution < 1.29 is 31.7 Å². The number of methoxy groups -OCH3 is 1. The zero-order valence-electron chi connectivity index (χ0n) is 15.7. The number of rotatable bonds is 10. The van der Waals surface area contributed by atoms with Gasteiger partial charge in [-0.2, -0.15) is 8.42 Å². The Labute approximate surface area is 164 Å². The predicted molar refractivity (Wildman–Crippen MR) is 103 cm³/mol. The van der Waals surface area contributed by atoms with Crippen molar-refractivity contribution in [3.05, 3.63) is 65.7 Å². The summed E-state index contributed by atoms with van der Waals surface area (Å²) in [4.78, 5) is 23.2. The maximum atomic E-state index is 12.1. The van der Waals surface area contributed by atoms with Crippen molar-refractivity contribution in [2.45, 2.75) is 25.2 Å². The fraction of sp³-hybridized carbons (Fsp3) is 0.300. The molecule has 0 fully saturated rings. The first kappa shape index (κ1) is 21.6. The van der Waals surface area contributed by atoms with Crippen LogP contribution in [0.15, 0.2) is 54.6 Å². The quantitative estimate of drug-likeness (QED) is 0.340. The fourth-order valence-corrected chi connectivity index (χ4v) is 3.43. The van der Waals surface area contributed by atoms with Gasteiger partial charge < -0.3 is 9.47 Å². The van der Waals surface area contributed by atoms with Gasteiger partial charge in [-0.05, 0) is 36.8 Å². The lowest BCUT2D eigenvalue weighted by Crippen LogP contribution is -2.30. The summed E-state index contributed by atoms with van der Waals surface area (Å²) >= 11 is 0. The van der Waals surface area contributed by atoms with Crippen LogP contribution >= 0.6 is 0 Å². The van der Waals surface area contributed by atoms with Crippen LogP contribution in [0.2, 0.25) is 0 Å². The van der Waals surface area contributed by atoms with E-state index in [0.29, 0.717) is 16.9 Å². The molecule has 2 aromatic carbocycles. The molecule has 0 amide bonds. The smallest absolute Gasteiger partial charge is 0.347 e. The molecule has 8 heteroatoms. The largest absolute Gasteiger partial charge is 0.479 e. The van der Waals surface area contributed by atoms with Gasteiger partial charge in [-0.1, -0.05) is 30.3 Å². The first-order valence-electron chi connectivity index (χ1n) is 8.57. The fourth-order valence-electron chi connectivity index (χ4n) is 2.39. The second-order valence-electron chi connectivity index (χ2n) is 6.01. The molecule has 0 heterocycles. The summed E-state index contributed by atoms with van der Waals surface area (Å²) in [7, 11) is -2.58. The maximum Gasteiger partial charge on any atom is 0.347 e. The minimum Gasteiger partial charge on any atom is -0.479 e. The van der Waals surface area contributed by atoms with Crippen LogP contribution in [0.5, 0.6) is 5.75 Å². The molecule has 2 rings (SSSR count). The van der Waals surface area contributed by atoms with Gasteiger partial charge >= 0.3 is 5.97 Å². The molecule has 28 heavy (non-hydrogen) atoms. The summed E-state index contributed by atoms with van der Waals surface area (Å²) < 4.78 is 39.4. The lowest BCUT2D eigenvalue weighted by Gasteiger charge is -2.17. The van der Waals surface area contributed by atoms with Gasteiger partial charge in [0.05, 0.1) is 13.7 Å². The van der Waals surface area contributed by atoms with Crippen LogP contribution in [-0.2, 0) is 29.6 Å². The van der Waals surface area contributed by atoms with Crippen molar-refractivity contribution in [2.75, 3.05) is 13.7 Å². The van der Waals surface area contributed by atoms with Crippen LogP contribution in [0.4, 0.5) is 0 Å². The van der Waals surface area contributed by atoms with Crippen molar-refractivity contribution in [2.24, 2.45) is 0 Å². The lowest BCUT2D eigenvalue weighted by molar-refractivity contribution is -0.149. The van der Waals surface area contributed by atoms with E-state index in [-0.39, 0.29) is 24.6 Å². The molecule has 1 atom stereocenters. The molecule has 7 nitrogen and oxygen atoms in total. The SMILES string of the molecule is COC(=O)C(CCOS(=O)(=O)Cc1ccccc1)Oc1ccc(C(C)=O)cc1. The lowest BCUT2D eigenvalue weighted by atomic mass is 10.1. The molecule has 150 valence electrons. The third-order valence-corrected chi connectivity index (χ3v) is 5.05. The van der Waals surface area contributed by atoms with E-state index in [2.05, 4.69) is 0 Å². The molecule has 0 spiro atoms. The molecule has 2 aromatic rings. The highest BCUT2D eigenvalue weighted by Crippen LogP contribution is 2.17. The van der Waals surface area contributed by atoms with E-state index in [4.69, 9.17) is 13.7 Å². The Morgan fingerprint density at radius 1 is 1.00 bits per heavy atom. The Hall–Kier alpha value is -2.71. The molecule has 0 aromatic heterocycles. The Bertz CT molecular complexity index is 890. The highest BCUT2D eigenvalue weighted by atomic mass is 32.2. The van der Waals surface area contributed by atoms with Gasteiger partial charge in [0.15, 0.2) is 11.9 Å². The average molecular weight is 406 g/mol. The molecule has 1 unspecified atom stereocenters. The molecular weight excluding hydrogens is 384 g/mol. The Kier molecular flexibility index (Phi) is 7.71. The first-order valence-corrected chi connectivity index (χ1v) is 10.1. The number of esters is 1. The number of hydrogen-bond donors (Lipinski definition) is 0. The van der Waals surface area contributed by atoms with Crippen LogP contribution in [0.1, 0.15) is 29.3 Å². The number of carbonyl (C=O) groups excluding carboxylic acids is 2. The standard InChI is InChI=1S/C20H22O7S/c1-15(21)17-8-10-18(11-9-17)27-19(20(22)25-2)12-13-26-28(23,24)14-16-6-4-3-5-7-16/h3-11,19H,12-14H2,1-2H3. The summed E-state index contributed by atoms with van der Waals surface area (Å²) in [5.74, 6) is -0.648. The van der Waals surface area contributed by atoms with Gasteiger partial charge in [0.25, 0.3) is 10.1 Å². The maximum absolute atomic E-state index is 12.1. The number of ether oxygens (including phenoxy) is 2. The monoisotopic (exact) mass is 406 g/mol. The molecule has 0 saturated heterocycles. The van der Waals surface area contributed by atoms with Gasteiger partial charge in [0, 0.05) is 12.0 Å². The topological polar surface area (TPSA) is 96.0 Å². The zero-order valence-corrected chi connectivity index (χ0v) is 16.5. The van der Waals surface area contributed by atoms with E-state index >= 15 is 0 Å². The summed E-state index contributed by atoms with van der Waals surface area (Å²) in [6.07, 6.45) is -1.06. The van der Waals surface area contributed by atoms with Crippen molar-refractivity contribution in [1.82, 2.24) is 0 Å². The summed E-state index contributed by atoms with van der Waals surface area (Å²) in [6.45, 7) is 1.21. The van der Waals surface area contributed by atoms with E-state index in [9.17, 15) is 18.0 Å². The van der Waals surface area contributed by atoms with Crippen LogP contribution in [-0.4, -0.2) is 40.0 Å². The molecule has 0 radical (unpaired) electrons. The summed E-state index contributed by atoms with van der Waals surface area (Å²) in [6, 6.07) is 14.9. The van der Waals surface area contributed by atoms with E-state index in [1.165, 1.54) is 14.0 Å². The zero-order chi connectivity index (χ0) is 20.6. The van der Waals surface area contributed by atoms with E-state index in [0.717, 1.165) is 0 Å². The second-order valence-corrected chi connectivity index (χ2v) is 7.65. The number of Topliss-reactive ketones (excluding diaryl/α,β-unsaturated/α-hetero) is 1. The Morgan fingerprint density at radius 3 is 2.21 bits per heavy atom. The highest BCUT2D eigenvalue weighted by molar-refractivity contribution is 7.85. The van der Waals surface area contributed by atoms with Crippen LogP contribution < -0.4 is 4.74 Å². The number of hydrogen-bond acceptors (Lipinski definition) is 7. The van der Waals surface area contributed by atoms with Crippen molar-refractivity contribution in [3.63, 3.8) is 0 Å². The molecule has 0 aliphatic heterocycles. The van der Waals surface area contributed by atoms with Gasteiger partial charge in [-0.25, -0.2) is 4.79 Å². The molecular formula is C20H22O7S. The molecule has 0 saturated carbocycles. The first-order chi connectivity index (χ1) is 13.3. The Morgan fingerprint density at radius 2 is 1.64 bits per heavy atom. The number of carbonyl (C=O) groups is 2. The van der Waals surface area contributed by atoms with Crippen molar-refractivity contribution in [1.29, 1.82) is 0 Å². The van der Waals surface area contributed by atoms with Crippen molar-refractivity contribution >= 4 is 21.9 Å². The number of benzene rings is 2. The molecule has 0 bridgehead atoms. The van der Waals surface area contributed by atoms with Gasteiger partial charge in [0.1, 0.15) is 11.5 Å². The molecule has 0 N–H and O–H groups in total. The van der Waals surface area contributed by atoms with Gasteiger partial charge in [0.2, 0.25) is 0 Å². The normalized spacial score (nSPS) is 12.2. The molecule has 0 aliphatic carbocycles. The van der Waals surface area contributed by atoms with E-state index < -0.39 is 22.2 Å². The predicted octanol–water partition coefficient (Wildman–Crippen LogP) is 2.75. The van der Waals surface area contributed by atoms with Gasteiger partial charge in [-0.15, -0.1) is 0 Å². The van der Waals surface area contributed by atoms with Crippen molar-refractivity contribution in [3.8, 4) is 5.75 Å². The van der Waals surface area contributed by atoms with E-state index in [1.54, 1.807) is 54.6 Å². The van der Waals surface area contributed by atoms with Crippen LogP contribution in [0, 0.1) is 0 Å². The van der Waals surface area contributed by atoms with E-state index in [1.807, 2.05) is 0 Å².